The Morgan fingerprint density at radius 2 is 2.05 bits per heavy atom. The Kier molecular flexibility index (Phi) is 3.71. The molecule has 1 heterocycles. The fourth-order valence-corrected chi connectivity index (χ4v) is 2.61. The van der Waals surface area contributed by atoms with Crippen LogP contribution in [0, 0.1) is 0 Å². The van der Waals surface area contributed by atoms with Crippen molar-refractivity contribution < 1.29 is 14.6 Å². The highest BCUT2D eigenvalue weighted by Gasteiger charge is 2.22. The van der Waals surface area contributed by atoms with E-state index >= 15 is 0 Å². The monoisotopic (exact) mass is 303 g/mol. The molecule has 0 aliphatic carbocycles. The van der Waals surface area contributed by atoms with Crippen LogP contribution >= 0.6 is 11.6 Å². The fraction of sp³-hybridized carbons (Fsp3) is 0.188. The van der Waals surface area contributed by atoms with Gasteiger partial charge in [-0.15, -0.1) is 0 Å². The zero-order valence-corrected chi connectivity index (χ0v) is 12.0. The number of benzene rings is 2. The van der Waals surface area contributed by atoms with E-state index in [1.54, 1.807) is 0 Å². The number of nitrogens with zero attached hydrogens (tertiary/aromatic N) is 1. The number of anilines is 2. The lowest BCUT2D eigenvalue weighted by molar-refractivity contribution is -0.136. The second-order valence-corrected chi connectivity index (χ2v) is 5.26. The standard InChI is InChI=1S/C16H14ClNO3/c17-12-6-5-11-10-21-15-4-2-1-3-13(15)18(14(11)9-12)8-7-16(19)20/h1-6,9H,7-8,10H2,(H,19,20). The second kappa shape index (κ2) is 5.66. The summed E-state index contributed by atoms with van der Waals surface area (Å²) >= 11 is 6.10. The van der Waals surface area contributed by atoms with Gasteiger partial charge in [0.05, 0.1) is 12.1 Å². The van der Waals surface area contributed by atoms with Gasteiger partial charge in [0.1, 0.15) is 12.4 Å². The molecule has 108 valence electrons. The second-order valence-electron chi connectivity index (χ2n) is 4.82. The Morgan fingerprint density at radius 1 is 1.24 bits per heavy atom. The molecule has 2 aromatic rings. The van der Waals surface area contributed by atoms with E-state index in [-0.39, 0.29) is 6.42 Å². The summed E-state index contributed by atoms with van der Waals surface area (Å²) in [6.07, 6.45) is 0.0420. The largest absolute Gasteiger partial charge is 0.487 e. The number of rotatable bonds is 3. The van der Waals surface area contributed by atoms with Crippen LogP contribution in [0.15, 0.2) is 42.5 Å². The van der Waals surface area contributed by atoms with Gasteiger partial charge in [-0.3, -0.25) is 4.79 Å². The number of para-hydroxylation sites is 2. The summed E-state index contributed by atoms with van der Waals surface area (Å²) in [5, 5.41) is 9.60. The molecule has 0 radical (unpaired) electrons. The summed E-state index contributed by atoms with van der Waals surface area (Å²) in [6.45, 7) is 0.802. The highest BCUT2D eigenvalue weighted by Crippen LogP contribution is 2.40. The van der Waals surface area contributed by atoms with Crippen molar-refractivity contribution in [1.29, 1.82) is 0 Å². The van der Waals surface area contributed by atoms with E-state index in [2.05, 4.69) is 0 Å². The Morgan fingerprint density at radius 3 is 2.86 bits per heavy atom. The summed E-state index contributed by atoms with van der Waals surface area (Å²) in [5.41, 5.74) is 2.74. The van der Waals surface area contributed by atoms with Crippen molar-refractivity contribution in [2.24, 2.45) is 0 Å². The van der Waals surface area contributed by atoms with E-state index in [9.17, 15) is 4.79 Å². The number of carboxylic acid groups (broad SMARTS) is 1. The number of hydrogen-bond donors (Lipinski definition) is 1. The SMILES string of the molecule is O=C(O)CCN1c2cc(Cl)ccc2COc2ccccc21. The Labute approximate surface area is 127 Å². The molecule has 1 N–H and O–H groups in total. The smallest absolute Gasteiger partial charge is 0.305 e. The maximum absolute atomic E-state index is 10.9. The van der Waals surface area contributed by atoms with E-state index in [1.165, 1.54) is 0 Å². The number of carboxylic acids is 1. The molecule has 0 amide bonds. The molecule has 0 saturated heterocycles. The van der Waals surface area contributed by atoms with Crippen molar-refractivity contribution in [2.75, 3.05) is 11.4 Å². The molecular weight excluding hydrogens is 290 g/mol. The number of carbonyl (C=O) groups is 1. The van der Waals surface area contributed by atoms with Crippen LogP contribution in [0.5, 0.6) is 5.75 Å². The van der Waals surface area contributed by atoms with Crippen molar-refractivity contribution in [3.8, 4) is 5.75 Å². The van der Waals surface area contributed by atoms with E-state index in [4.69, 9.17) is 21.4 Å². The van der Waals surface area contributed by atoms with Gasteiger partial charge in [-0.2, -0.15) is 0 Å². The Bertz CT molecular complexity index is 687. The van der Waals surface area contributed by atoms with Crippen LogP contribution in [0.4, 0.5) is 11.4 Å². The first-order chi connectivity index (χ1) is 10.1. The van der Waals surface area contributed by atoms with Gasteiger partial charge >= 0.3 is 5.97 Å². The molecule has 0 unspecified atom stereocenters. The number of ether oxygens (including phenoxy) is 1. The van der Waals surface area contributed by atoms with Gasteiger partial charge < -0.3 is 14.7 Å². The van der Waals surface area contributed by atoms with Crippen LogP contribution in [0.25, 0.3) is 0 Å². The number of aliphatic carboxylic acids is 1. The molecule has 0 fully saturated rings. The normalized spacial score (nSPS) is 12.9. The highest BCUT2D eigenvalue weighted by molar-refractivity contribution is 6.30. The highest BCUT2D eigenvalue weighted by atomic mass is 35.5. The summed E-state index contributed by atoms with van der Waals surface area (Å²) in [4.78, 5) is 12.9. The zero-order valence-electron chi connectivity index (χ0n) is 11.3. The third kappa shape index (κ3) is 2.81. The molecule has 5 heteroatoms. The van der Waals surface area contributed by atoms with Crippen LogP contribution in [-0.2, 0) is 11.4 Å². The molecule has 0 bridgehead atoms. The Balaban J connectivity index is 2.09. The van der Waals surface area contributed by atoms with Crippen molar-refractivity contribution in [1.82, 2.24) is 0 Å². The minimum Gasteiger partial charge on any atom is -0.487 e. The van der Waals surface area contributed by atoms with Crippen molar-refractivity contribution in [2.45, 2.75) is 13.0 Å². The summed E-state index contributed by atoms with van der Waals surface area (Å²) in [5.74, 6) is -0.0866. The molecule has 2 aromatic carbocycles. The molecule has 0 spiro atoms. The molecular formula is C16H14ClNO3. The van der Waals surface area contributed by atoms with E-state index in [0.29, 0.717) is 18.2 Å². The van der Waals surface area contributed by atoms with Crippen LogP contribution in [-0.4, -0.2) is 17.6 Å². The van der Waals surface area contributed by atoms with Gasteiger partial charge in [0.2, 0.25) is 0 Å². The van der Waals surface area contributed by atoms with Gasteiger partial charge in [-0.1, -0.05) is 29.8 Å². The third-order valence-corrected chi connectivity index (χ3v) is 3.66. The maximum atomic E-state index is 10.9. The topological polar surface area (TPSA) is 49.8 Å². The molecule has 4 nitrogen and oxygen atoms in total. The van der Waals surface area contributed by atoms with E-state index < -0.39 is 5.97 Å². The first kappa shape index (κ1) is 13.8. The van der Waals surface area contributed by atoms with Gasteiger partial charge in [0, 0.05) is 22.8 Å². The van der Waals surface area contributed by atoms with Crippen LogP contribution in [0.1, 0.15) is 12.0 Å². The summed E-state index contributed by atoms with van der Waals surface area (Å²) in [7, 11) is 0. The molecule has 1 aliphatic rings. The predicted molar refractivity (Wildman–Crippen MR) is 81.5 cm³/mol. The molecule has 21 heavy (non-hydrogen) atoms. The molecule has 0 saturated carbocycles. The molecule has 0 aromatic heterocycles. The first-order valence-corrected chi connectivity index (χ1v) is 7.02. The van der Waals surface area contributed by atoms with Crippen LogP contribution in [0.3, 0.4) is 0 Å². The minimum absolute atomic E-state index is 0.0420. The first-order valence-electron chi connectivity index (χ1n) is 6.65. The van der Waals surface area contributed by atoms with Crippen molar-refractivity contribution in [3.05, 3.63) is 53.1 Å². The van der Waals surface area contributed by atoms with E-state index in [0.717, 1.165) is 22.7 Å². The summed E-state index contributed by atoms with van der Waals surface area (Å²) < 4.78 is 5.82. The average Bonchev–Trinajstić information content (AvgIpc) is 2.62. The van der Waals surface area contributed by atoms with Crippen molar-refractivity contribution >= 4 is 28.9 Å². The lowest BCUT2D eigenvalue weighted by atomic mass is 10.1. The van der Waals surface area contributed by atoms with Gasteiger partial charge in [0.15, 0.2) is 0 Å². The van der Waals surface area contributed by atoms with Gasteiger partial charge in [-0.05, 0) is 24.3 Å². The average molecular weight is 304 g/mol. The van der Waals surface area contributed by atoms with Gasteiger partial charge in [0.25, 0.3) is 0 Å². The molecule has 3 rings (SSSR count). The third-order valence-electron chi connectivity index (χ3n) is 3.43. The summed E-state index contributed by atoms with van der Waals surface area (Å²) in [6, 6.07) is 13.2. The lowest BCUT2D eigenvalue weighted by Gasteiger charge is -2.25. The van der Waals surface area contributed by atoms with Gasteiger partial charge in [-0.25, -0.2) is 0 Å². The molecule has 0 atom stereocenters. The number of hydrogen-bond acceptors (Lipinski definition) is 3. The zero-order chi connectivity index (χ0) is 14.8. The Hall–Kier alpha value is -2.20. The maximum Gasteiger partial charge on any atom is 0.305 e. The van der Waals surface area contributed by atoms with Crippen molar-refractivity contribution in [3.63, 3.8) is 0 Å². The predicted octanol–water partition coefficient (Wildman–Crippen LogP) is 3.85. The minimum atomic E-state index is -0.832. The quantitative estimate of drug-likeness (QED) is 0.936. The van der Waals surface area contributed by atoms with Crippen LogP contribution in [0.2, 0.25) is 5.02 Å². The van der Waals surface area contributed by atoms with Crippen LogP contribution < -0.4 is 9.64 Å². The lowest BCUT2D eigenvalue weighted by Crippen LogP contribution is -2.21. The number of fused-ring (bicyclic) bond motifs is 2. The fourth-order valence-electron chi connectivity index (χ4n) is 2.45. The molecule has 1 aliphatic heterocycles. The number of halogens is 1. The van der Waals surface area contributed by atoms with E-state index in [1.807, 2.05) is 47.4 Å².